The Balaban J connectivity index is 2.01. The van der Waals surface area contributed by atoms with E-state index in [9.17, 15) is 14.7 Å². The lowest BCUT2D eigenvalue weighted by atomic mass is 9.71. The van der Waals surface area contributed by atoms with Crippen LogP contribution in [0.4, 0.5) is 0 Å². The largest absolute Gasteiger partial charge is 0.466 e. The van der Waals surface area contributed by atoms with Crippen molar-refractivity contribution in [1.29, 1.82) is 0 Å². The molecule has 6 heteroatoms. The Hall–Kier alpha value is -1.50. The molecule has 1 fully saturated rings. The second-order valence-electron chi connectivity index (χ2n) is 11.8. The molecule has 1 aromatic carbocycles. The van der Waals surface area contributed by atoms with Gasteiger partial charge in [0.1, 0.15) is 0 Å². The van der Waals surface area contributed by atoms with Gasteiger partial charge in [-0.1, -0.05) is 76.8 Å². The van der Waals surface area contributed by atoms with Crippen LogP contribution in [-0.2, 0) is 14.0 Å². The normalized spacial score (nSPS) is 22.0. The molecule has 35 heavy (non-hydrogen) atoms. The molecule has 0 saturated heterocycles. The zero-order valence-corrected chi connectivity index (χ0v) is 23.9. The van der Waals surface area contributed by atoms with E-state index < -0.39 is 20.0 Å². The molecular weight excluding hydrogens is 456 g/mol. The third-order valence-electron chi connectivity index (χ3n) is 8.02. The maximum absolute atomic E-state index is 12.7. The molecule has 5 nitrogen and oxygen atoms in total. The Morgan fingerprint density at radius 3 is 2.46 bits per heavy atom. The van der Waals surface area contributed by atoms with E-state index in [-0.39, 0.29) is 23.2 Å². The monoisotopic (exact) mass is 504 g/mol. The average molecular weight is 505 g/mol. The first kappa shape index (κ1) is 29.7. The van der Waals surface area contributed by atoms with Crippen LogP contribution in [0, 0.1) is 5.92 Å². The Kier molecular flexibility index (Phi) is 11.2. The third kappa shape index (κ3) is 8.83. The SMILES string of the molecule is CCOC(=O)CC1(O[Si](C)(C)C(C)(C)C)CCCCC1CCCCC(O)CC(=O)c1ccccc1. The number of aliphatic hydroxyl groups is 1. The Bertz CT molecular complexity index is 801. The number of ether oxygens (including phenoxy) is 1. The summed E-state index contributed by atoms with van der Waals surface area (Å²) < 4.78 is 12.5. The molecule has 0 heterocycles. The predicted octanol–water partition coefficient (Wildman–Crippen LogP) is 7.08. The van der Waals surface area contributed by atoms with Crippen LogP contribution in [0.2, 0.25) is 18.1 Å². The van der Waals surface area contributed by atoms with Gasteiger partial charge in [-0.15, -0.1) is 0 Å². The molecule has 0 amide bonds. The van der Waals surface area contributed by atoms with Crippen LogP contribution in [0.1, 0.15) is 102 Å². The van der Waals surface area contributed by atoms with Crippen molar-refractivity contribution in [3.63, 3.8) is 0 Å². The van der Waals surface area contributed by atoms with Crippen LogP contribution >= 0.6 is 0 Å². The van der Waals surface area contributed by atoms with Gasteiger partial charge in [0.2, 0.25) is 0 Å². The van der Waals surface area contributed by atoms with Crippen molar-refractivity contribution in [2.24, 2.45) is 5.92 Å². The zero-order valence-electron chi connectivity index (χ0n) is 22.9. The van der Waals surface area contributed by atoms with Crippen LogP contribution in [-0.4, -0.2) is 43.5 Å². The van der Waals surface area contributed by atoms with Crippen LogP contribution in [0.25, 0.3) is 0 Å². The second-order valence-corrected chi connectivity index (χ2v) is 16.5. The molecule has 1 aliphatic rings. The number of rotatable bonds is 13. The van der Waals surface area contributed by atoms with Crippen molar-refractivity contribution < 1.29 is 23.9 Å². The molecule has 3 unspecified atom stereocenters. The summed E-state index contributed by atoms with van der Waals surface area (Å²) in [7, 11) is -2.10. The number of unbranched alkanes of at least 4 members (excludes halogenated alkanes) is 1. The summed E-state index contributed by atoms with van der Waals surface area (Å²) in [5, 5.41) is 10.5. The Morgan fingerprint density at radius 2 is 1.83 bits per heavy atom. The van der Waals surface area contributed by atoms with E-state index in [4.69, 9.17) is 9.16 Å². The fourth-order valence-corrected chi connectivity index (χ4v) is 6.70. The van der Waals surface area contributed by atoms with E-state index >= 15 is 0 Å². The Labute approximate surface area is 214 Å². The summed E-state index contributed by atoms with van der Waals surface area (Å²) in [5.74, 6) is 0.132. The number of ketones is 1. The van der Waals surface area contributed by atoms with Gasteiger partial charge in [0, 0.05) is 12.0 Å². The highest BCUT2D eigenvalue weighted by molar-refractivity contribution is 6.74. The van der Waals surface area contributed by atoms with Gasteiger partial charge < -0.3 is 14.3 Å². The number of carbonyl (C=O) groups is 2. The molecule has 1 saturated carbocycles. The van der Waals surface area contributed by atoms with Gasteiger partial charge in [0.25, 0.3) is 0 Å². The molecule has 3 atom stereocenters. The fraction of sp³-hybridized carbons (Fsp3) is 0.724. The molecule has 198 valence electrons. The van der Waals surface area contributed by atoms with Crippen molar-refractivity contribution in [2.45, 2.75) is 122 Å². The molecule has 0 aromatic heterocycles. The number of benzene rings is 1. The molecule has 0 aliphatic heterocycles. The number of hydrogen-bond donors (Lipinski definition) is 1. The number of Topliss-reactive ketones (excluding diaryl/α,β-unsaturated/α-hetero) is 1. The lowest BCUT2D eigenvalue weighted by molar-refractivity contribution is -0.152. The van der Waals surface area contributed by atoms with Gasteiger partial charge in [-0.2, -0.15) is 0 Å². The number of esters is 1. The standard InChI is InChI=1S/C29H48O5Si/c1-7-33-27(32)22-29(34-35(5,6)28(2,3)4)20-14-13-18-24(29)17-11-12-19-25(30)21-26(31)23-15-9-8-10-16-23/h8-10,15-16,24-25,30H,7,11-14,17-22H2,1-6H3. The van der Waals surface area contributed by atoms with Gasteiger partial charge in [-0.3, -0.25) is 9.59 Å². The first-order valence-corrected chi connectivity index (χ1v) is 16.4. The smallest absolute Gasteiger partial charge is 0.308 e. The molecule has 0 spiro atoms. The minimum absolute atomic E-state index is 0.0124. The highest BCUT2D eigenvalue weighted by Crippen LogP contribution is 2.48. The van der Waals surface area contributed by atoms with Crippen molar-refractivity contribution in [3.8, 4) is 0 Å². The zero-order chi connectivity index (χ0) is 26.1. The van der Waals surface area contributed by atoms with E-state index in [1.165, 1.54) is 0 Å². The first-order chi connectivity index (χ1) is 16.4. The lowest BCUT2D eigenvalue weighted by Crippen LogP contribution is -2.55. The minimum Gasteiger partial charge on any atom is -0.466 e. The second kappa shape index (κ2) is 13.2. The quantitative estimate of drug-likeness (QED) is 0.134. The van der Waals surface area contributed by atoms with Gasteiger partial charge in [0.05, 0.1) is 24.7 Å². The van der Waals surface area contributed by atoms with Gasteiger partial charge in [0.15, 0.2) is 14.1 Å². The number of hydrogen-bond acceptors (Lipinski definition) is 5. The lowest BCUT2D eigenvalue weighted by Gasteiger charge is -2.51. The summed E-state index contributed by atoms with van der Waals surface area (Å²) in [6.45, 7) is 13.5. The van der Waals surface area contributed by atoms with E-state index in [1.807, 2.05) is 25.1 Å². The molecular formula is C29H48O5Si. The van der Waals surface area contributed by atoms with Crippen LogP contribution in [0.15, 0.2) is 30.3 Å². The van der Waals surface area contributed by atoms with Crippen molar-refractivity contribution in [2.75, 3.05) is 6.61 Å². The third-order valence-corrected chi connectivity index (χ3v) is 12.5. The summed E-state index contributed by atoms with van der Waals surface area (Å²) in [5.41, 5.74) is 0.190. The minimum atomic E-state index is -2.10. The first-order valence-electron chi connectivity index (χ1n) is 13.5. The van der Waals surface area contributed by atoms with Crippen LogP contribution < -0.4 is 0 Å². The van der Waals surface area contributed by atoms with Gasteiger partial charge in [-0.05, 0) is 56.7 Å². The predicted molar refractivity (Wildman–Crippen MR) is 144 cm³/mol. The number of aliphatic hydroxyl groups excluding tert-OH is 1. The summed E-state index contributed by atoms with van der Waals surface area (Å²) in [6, 6.07) is 9.17. The van der Waals surface area contributed by atoms with E-state index in [1.54, 1.807) is 12.1 Å². The Morgan fingerprint density at radius 1 is 1.14 bits per heavy atom. The molecule has 1 aromatic rings. The highest BCUT2D eigenvalue weighted by Gasteiger charge is 2.50. The maximum Gasteiger partial charge on any atom is 0.308 e. The van der Waals surface area contributed by atoms with Crippen LogP contribution in [0.5, 0.6) is 0 Å². The average Bonchev–Trinajstić information content (AvgIpc) is 2.77. The van der Waals surface area contributed by atoms with Crippen molar-refractivity contribution >= 4 is 20.1 Å². The maximum atomic E-state index is 12.7. The van der Waals surface area contributed by atoms with E-state index in [0.717, 1.165) is 44.9 Å². The molecule has 2 rings (SSSR count). The van der Waals surface area contributed by atoms with Crippen molar-refractivity contribution in [3.05, 3.63) is 35.9 Å². The topological polar surface area (TPSA) is 72.8 Å². The molecule has 0 bridgehead atoms. The van der Waals surface area contributed by atoms with Gasteiger partial charge in [-0.25, -0.2) is 0 Å². The molecule has 1 aliphatic carbocycles. The highest BCUT2D eigenvalue weighted by atomic mass is 28.4. The van der Waals surface area contributed by atoms with Crippen LogP contribution in [0.3, 0.4) is 0 Å². The molecule has 0 radical (unpaired) electrons. The van der Waals surface area contributed by atoms with E-state index in [2.05, 4.69) is 33.9 Å². The van der Waals surface area contributed by atoms with Crippen molar-refractivity contribution in [1.82, 2.24) is 0 Å². The number of carbonyl (C=O) groups excluding carboxylic acids is 2. The van der Waals surface area contributed by atoms with E-state index in [0.29, 0.717) is 30.9 Å². The summed E-state index contributed by atoms with van der Waals surface area (Å²) in [6.07, 6.45) is 7.44. The molecule has 1 N–H and O–H groups in total. The summed E-state index contributed by atoms with van der Waals surface area (Å²) in [4.78, 5) is 25.1. The summed E-state index contributed by atoms with van der Waals surface area (Å²) >= 11 is 0. The van der Waals surface area contributed by atoms with Gasteiger partial charge >= 0.3 is 5.97 Å². The fourth-order valence-electron chi connectivity index (χ4n) is 5.04.